The molecule has 3 rings (SSSR count). The highest BCUT2D eigenvalue weighted by Gasteiger charge is 2.22. The van der Waals surface area contributed by atoms with E-state index >= 15 is 0 Å². The highest BCUT2D eigenvalue weighted by atomic mass is 16.5. The molecule has 0 spiro atoms. The summed E-state index contributed by atoms with van der Waals surface area (Å²) < 4.78 is 5.58. The number of pyridine rings is 1. The first kappa shape index (κ1) is 19.9. The molecule has 0 radical (unpaired) electrons. The van der Waals surface area contributed by atoms with Crippen molar-refractivity contribution >= 4 is 11.6 Å². The van der Waals surface area contributed by atoms with E-state index in [4.69, 9.17) is 4.74 Å². The number of hydrogen-bond donors (Lipinski definition) is 3. The molecule has 1 heterocycles. The Bertz CT molecular complexity index is 860. The van der Waals surface area contributed by atoms with E-state index in [2.05, 4.69) is 22.2 Å². The molecule has 28 heavy (non-hydrogen) atoms. The molecule has 0 saturated heterocycles. The third kappa shape index (κ3) is 5.57. The molecule has 1 fully saturated rings. The number of carbonyl (C=O) groups is 1. The van der Waals surface area contributed by atoms with Gasteiger partial charge in [0.05, 0.1) is 6.10 Å². The van der Waals surface area contributed by atoms with Crippen molar-refractivity contribution in [2.24, 2.45) is 0 Å². The Morgan fingerprint density at radius 2 is 2.14 bits per heavy atom. The van der Waals surface area contributed by atoms with Crippen molar-refractivity contribution in [3.05, 3.63) is 65.5 Å². The molecule has 2 aromatic rings. The van der Waals surface area contributed by atoms with Crippen LogP contribution in [0, 0.1) is 0 Å². The average Bonchev–Trinajstić information content (AvgIpc) is 3.49. The topological polar surface area (TPSA) is 83.5 Å². The predicted molar refractivity (Wildman–Crippen MR) is 109 cm³/mol. The SMILES string of the molecule is C=C(NC1CC1)c1cc(Cc2cccc(OC[C@H](C)O)c2)nc(C(=O)NC)c1. The normalized spacial score (nSPS) is 14.2. The number of nitrogens with one attached hydrogen (secondary N) is 2. The van der Waals surface area contributed by atoms with Crippen LogP contribution in [0.15, 0.2) is 43.0 Å². The Morgan fingerprint density at radius 1 is 1.36 bits per heavy atom. The Morgan fingerprint density at radius 3 is 2.82 bits per heavy atom. The van der Waals surface area contributed by atoms with Gasteiger partial charge in [-0.1, -0.05) is 18.7 Å². The molecular weight excluding hydrogens is 354 g/mol. The molecule has 6 heteroatoms. The van der Waals surface area contributed by atoms with Crippen LogP contribution in [0.25, 0.3) is 5.70 Å². The Labute approximate surface area is 165 Å². The lowest BCUT2D eigenvalue weighted by Crippen LogP contribution is -2.21. The van der Waals surface area contributed by atoms with Crippen molar-refractivity contribution in [1.29, 1.82) is 0 Å². The highest BCUT2D eigenvalue weighted by molar-refractivity contribution is 5.93. The van der Waals surface area contributed by atoms with Crippen LogP contribution >= 0.6 is 0 Å². The van der Waals surface area contributed by atoms with Gasteiger partial charge >= 0.3 is 0 Å². The van der Waals surface area contributed by atoms with E-state index in [1.807, 2.05) is 30.3 Å². The summed E-state index contributed by atoms with van der Waals surface area (Å²) in [4.78, 5) is 16.7. The van der Waals surface area contributed by atoms with Crippen molar-refractivity contribution in [2.45, 2.75) is 38.3 Å². The highest BCUT2D eigenvalue weighted by Crippen LogP contribution is 2.24. The maximum absolute atomic E-state index is 12.2. The van der Waals surface area contributed by atoms with Gasteiger partial charge in [0, 0.05) is 36.5 Å². The fourth-order valence-corrected chi connectivity index (χ4v) is 2.83. The molecule has 148 valence electrons. The maximum Gasteiger partial charge on any atom is 0.269 e. The van der Waals surface area contributed by atoms with Crippen molar-refractivity contribution in [3.8, 4) is 5.75 Å². The number of carbonyl (C=O) groups excluding carboxylic acids is 1. The number of hydrogen-bond acceptors (Lipinski definition) is 5. The first-order valence-electron chi connectivity index (χ1n) is 9.53. The van der Waals surface area contributed by atoms with E-state index in [9.17, 15) is 9.90 Å². The molecular formula is C22H27N3O3. The minimum Gasteiger partial charge on any atom is -0.491 e. The zero-order valence-corrected chi connectivity index (χ0v) is 16.4. The number of aliphatic hydroxyl groups excluding tert-OH is 1. The number of nitrogens with zero attached hydrogens (tertiary/aromatic N) is 1. The summed E-state index contributed by atoms with van der Waals surface area (Å²) in [5, 5.41) is 15.4. The Balaban J connectivity index is 1.82. The van der Waals surface area contributed by atoms with Gasteiger partial charge in [-0.3, -0.25) is 4.79 Å². The molecule has 3 N–H and O–H groups in total. The zero-order chi connectivity index (χ0) is 20.1. The third-order valence-electron chi connectivity index (χ3n) is 4.42. The van der Waals surface area contributed by atoms with Crippen molar-refractivity contribution < 1.29 is 14.6 Å². The molecule has 1 aromatic carbocycles. The summed E-state index contributed by atoms with van der Waals surface area (Å²) in [6.07, 6.45) is 2.33. The van der Waals surface area contributed by atoms with Gasteiger partial charge < -0.3 is 20.5 Å². The van der Waals surface area contributed by atoms with Crippen molar-refractivity contribution in [3.63, 3.8) is 0 Å². The minimum atomic E-state index is -0.526. The first-order chi connectivity index (χ1) is 13.4. The van der Waals surface area contributed by atoms with Crippen LogP contribution in [-0.4, -0.2) is 41.8 Å². The molecule has 0 unspecified atom stereocenters. The van der Waals surface area contributed by atoms with E-state index in [0.29, 0.717) is 23.9 Å². The summed E-state index contributed by atoms with van der Waals surface area (Å²) in [5.41, 5.74) is 3.84. The van der Waals surface area contributed by atoms with E-state index in [-0.39, 0.29) is 12.5 Å². The van der Waals surface area contributed by atoms with Crippen LogP contribution < -0.4 is 15.4 Å². The summed E-state index contributed by atoms with van der Waals surface area (Å²) in [5.74, 6) is 0.470. The van der Waals surface area contributed by atoms with Crippen LogP contribution in [0.4, 0.5) is 0 Å². The first-order valence-corrected chi connectivity index (χ1v) is 9.53. The quantitative estimate of drug-likeness (QED) is 0.622. The number of aromatic nitrogens is 1. The fraction of sp³-hybridized carbons (Fsp3) is 0.364. The van der Waals surface area contributed by atoms with E-state index in [1.165, 1.54) is 0 Å². The third-order valence-corrected chi connectivity index (χ3v) is 4.42. The van der Waals surface area contributed by atoms with Crippen LogP contribution in [0.1, 0.15) is 47.1 Å². The number of aliphatic hydroxyl groups is 1. The number of ether oxygens (including phenoxy) is 1. The molecule has 1 atom stereocenters. The smallest absolute Gasteiger partial charge is 0.269 e. The predicted octanol–water partition coefficient (Wildman–Crippen LogP) is 2.51. The average molecular weight is 381 g/mol. The van der Waals surface area contributed by atoms with Gasteiger partial charge in [-0.2, -0.15) is 0 Å². The van der Waals surface area contributed by atoms with E-state index in [1.54, 1.807) is 20.0 Å². The molecule has 1 aromatic heterocycles. The Hall–Kier alpha value is -2.86. The molecule has 1 aliphatic carbocycles. The van der Waals surface area contributed by atoms with Crippen LogP contribution in [-0.2, 0) is 6.42 Å². The van der Waals surface area contributed by atoms with Crippen LogP contribution in [0.2, 0.25) is 0 Å². The van der Waals surface area contributed by atoms with Gasteiger partial charge in [0.25, 0.3) is 5.91 Å². The number of amides is 1. The second kappa shape index (κ2) is 8.89. The van der Waals surface area contributed by atoms with Crippen molar-refractivity contribution in [1.82, 2.24) is 15.6 Å². The largest absolute Gasteiger partial charge is 0.491 e. The number of rotatable bonds is 9. The molecule has 1 saturated carbocycles. The van der Waals surface area contributed by atoms with Gasteiger partial charge in [0.1, 0.15) is 18.1 Å². The minimum absolute atomic E-state index is 0.226. The molecule has 1 amide bonds. The molecule has 1 aliphatic rings. The maximum atomic E-state index is 12.2. The van der Waals surface area contributed by atoms with Gasteiger partial charge in [-0.25, -0.2) is 4.98 Å². The lowest BCUT2D eigenvalue weighted by molar-refractivity contribution is 0.0958. The van der Waals surface area contributed by atoms with Gasteiger partial charge in [-0.15, -0.1) is 0 Å². The zero-order valence-electron chi connectivity index (χ0n) is 16.4. The summed E-state index contributed by atoms with van der Waals surface area (Å²) in [7, 11) is 1.59. The Kier molecular flexibility index (Phi) is 6.31. The summed E-state index contributed by atoms with van der Waals surface area (Å²) >= 11 is 0. The van der Waals surface area contributed by atoms with Crippen LogP contribution in [0.5, 0.6) is 5.75 Å². The van der Waals surface area contributed by atoms with Gasteiger partial charge in [0.15, 0.2) is 0 Å². The lowest BCUT2D eigenvalue weighted by Gasteiger charge is -2.13. The van der Waals surface area contributed by atoms with Gasteiger partial charge in [0.2, 0.25) is 0 Å². The molecule has 0 bridgehead atoms. The number of benzene rings is 1. The molecule has 6 nitrogen and oxygen atoms in total. The second-order valence-corrected chi connectivity index (χ2v) is 7.19. The standard InChI is InChI=1S/C22H27N3O3/c1-14(26)13-28-20-6-4-5-16(10-20)9-19-11-17(15(2)24-18-7-8-18)12-21(25-19)22(27)23-3/h4-6,10-12,14,18,24,26H,2,7-9,13H2,1,3H3,(H,23,27)/t14-/m0/s1. The van der Waals surface area contributed by atoms with Crippen LogP contribution in [0.3, 0.4) is 0 Å². The lowest BCUT2D eigenvalue weighted by atomic mass is 10.0. The fourth-order valence-electron chi connectivity index (χ4n) is 2.83. The van der Waals surface area contributed by atoms with Gasteiger partial charge in [-0.05, 0) is 49.6 Å². The monoisotopic (exact) mass is 381 g/mol. The summed E-state index contributed by atoms with van der Waals surface area (Å²) in [6, 6.07) is 11.9. The van der Waals surface area contributed by atoms with E-state index in [0.717, 1.165) is 35.4 Å². The molecule has 0 aliphatic heterocycles. The van der Waals surface area contributed by atoms with Crippen molar-refractivity contribution in [2.75, 3.05) is 13.7 Å². The summed E-state index contributed by atoms with van der Waals surface area (Å²) in [6.45, 7) is 6.04. The second-order valence-electron chi connectivity index (χ2n) is 7.19. The van der Waals surface area contributed by atoms with E-state index < -0.39 is 6.10 Å².